The van der Waals surface area contributed by atoms with E-state index < -0.39 is 0 Å². The molecule has 19 heavy (non-hydrogen) atoms. The van der Waals surface area contributed by atoms with Gasteiger partial charge in [-0.3, -0.25) is 9.97 Å². The third kappa shape index (κ3) is 3.29. The second-order valence-electron chi connectivity index (χ2n) is 4.55. The van der Waals surface area contributed by atoms with Crippen LogP contribution in [0.5, 0.6) is 5.75 Å². The zero-order valence-electron chi connectivity index (χ0n) is 11.6. The van der Waals surface area contributed by atoms with Gasteiger partial charge in [0.25, 0.3) is 0 Å². The predicted octanol–water partition coefficient (Wildman–Crippen LogP) is 2.54. The first-order valence-corrected chi connectivity index (χ1v) is 6.38. The van der Waals surface area contributed by atoms with Crippen LogP contribution in [0.3, 0.4) is 0 Å². The maximum atomic E-state index is 6.30. The molecular formula is C15H19N3O. The third-order valence-corrected chi connectivity index (χ3v) is 2.87. The summed E-state index contributed by atoms with van der Waals surface area (Å²) < 4.78 is 5.45. The number of pyridine rings is 2. The van der Waals surface area contributed by atoms with Crippen molar-refractivity contribution < 1.29 is 4.74 Å². The van der Waals surface area contributed by atoms with Crippen LogP contribution in [0.1, 0.15) is 35.5 Å². The Bertz CT molecular complexity index is 549. The van der Waals surface area contributed by atoms with Crippen LogP contribution in [-0.2, 0) is 0 Å². The van der Waals surface area contributed by atoms with Crippen molar-refractivity contribution in [3.63, 3.8) is 0 Å². The Morgan fingerprint density at radius 3 is 2.42 bits per heavy atom. The molecule has 2 N–H and O–H groups in total. The molecule has 2 aromatic heterocycles. The molecule has 2 rings (SSSR count). The third-order valence-electron chi connectivity index (χ3n) is 2.87. The molecule has 0 aliphatic rings. The van der Waals surface area contributed by atoms with Gasteiger partial charge in [0.2, 0.25) is 0 Å². The van der Waals surface area contributed by atoms with Crippen molar-refractivity contribution in [3.8, 4) is 5.75 Å². The van der Waals surface area contributed by atoms with Crippen molar-refractivity contribution in [2.75, 3.05) is 6.61 Å². The average Bonchev–Trinajstić information content (AvgIpc) is 2.37. The molecule has 0 saturated carbocycles. The smallest absolute Gasteiger partial charge is 0.137 e. The van der Waals surface area contributed by atoms with Gasteiger partial charge in [0.05, 0.1) is 18.8 Å². The maximum Gasteiger partial charge on any atom is 0.137 e. The van der Waals surface area contributed by atoms with E-state index >= 15 is 0 Å². The molecule has 0 aliphatic carbocycles. The van der Waals surface area contributed by atoms with E-state index in [1.807, 2.05) is 39.0 Å². The highest BCUT2D eigenvalue weighted by Gasteiger charge is 2.11. The minimum absolute atomic E-state index is 0.215. The highest BCUT2D eigenvalue weighted by molar-refractivity contribution is 5.34. The molecule has 0 aliphatic heterocycles. The lowest BCUT2D eigenvalue weighted by molar-refractivity contribution is 0.338. The molecule has 0 amide bonds. The molecule has 2 heterocycles. The highest BCUT2D eigenvalue weighted by atomic mass is 16.5. The van der Waals surface area contributed by atoms with E-state index in [2.05, 4.69) is 9.97 Å². The standard InChI is InChI=1S/C15H19N3O/c1-4-19-14-7-13(8-17-9-14)15(16)12-5-10(2)18-11(3)6-12/h5-9,15H,4,16H2,1-3H3. The summed E-state index contributed by atoms with van der Waals surface area (Å²) in [6, 6.07) is 5.73. The second-order valence-corrected chi connectivity index (χ2v) is 4.55. The topological polar surface area (TPSA) is 61.0 Å². The summed E-state index contributed by atoms with van der Waals surface area (Å²) >= 11 is 0. The van der Waals surface area contributed by atoms with Gasteiger partial charge in [0.1, 0.15) is 5.75 Å². The fraction of sp³-hybridized carbons (Fsp3) is 0.333. The maximum absolute atomic E-state index is 6.30. The Balaban J connectivity index is 2.32. The SMILES string of the molecule is CCOc1cncc(C(N)c2cc(C)nc(C)c2)c1. The van der Waals surface area contributed by atoms with Crippen LogP contribution < -0.4 is 10.5 Å². The molecule has 4 nitrogen and oxygen atoms in total. The van der Waals surface area contributed by atoms with Crippen LogP contribution in [0, 0.1) is 13.8 Å². The number of aromatic nitrogens is 2. The zero-order valence-corrected chi connectivity index (χ0v) is 11.6. The first-order valence-electron chi connectivity index (χ1n) is 6.38. The van der Waals surface area contributed by atoms with Gasteiger partial charge in [0.15, 0.2) is 0 Å². The molecule has 0 spiro atoms. The minimum Gasteiger partial charge on any atom is -0.492 e. The van der Waals surface area contributed by atoms with Gasteiger partial charge in [-0.05, 0) is 50.1 Å². The van der Waals surface area contributed by atoms with Crippen LogP contribution in [0.4, 0.5) is 0 Å². The minimum atomic E-state index is -0.215. The predicted molar refractivity (Wildman–Crippen MR) is 75.1 cm³/mol. The number of aryl methyl sites for hydroxylation is 2. The van der Waals surface area contributed by atoms with E-state index in [0.717, 1.165) is 28.3 Å². The lowest BCUT2D eigenvalue weighted by Gasteiger charge is -2.14. The molecule has 100 valence electrons. The van der Waals surface area contributed by atoms with Crippen molar-refractivity contribution in [2.45, 2.75) is 26.8 Å². The molecule has 0 radical (unpaired) electrons. The lowest BCUT2D eigenvalue weighted by atomic mass is 10.0. The number of hydrogen-bond acceptors (Lipinski definition) is 4. The Labute approximate surface area is 113 Å². The van der Waals surface area contributed by atoms with Crippen LogP contribution >= 0.6 is 0 Å². The monoisotopic (exact) mass is 257 g/mol. The van der Waals surface area contributed by atoms with E-state index in [9.17, 15) is 0 Å². The summed E-state index contributed by atoms with van der Waals surface area (Å²) in [4.78, 5) is 8.54. The van der Waals surface area contributed by atoms with E-state index in [0.29, 0.717) is 6.61 Å². The fourth-order valence-corrected chi connectivity index (χ4v) is 2.09. The summed E-state index contributed by atoms with van der Waals surface area (Å²) in [5.74, 6) is 0.748. The number of hydrogen-bond donors (Lipinski definition) is 1. The van der Waals surface area contributed by atoms with E-state index in [4.69, 9.17) is 10.5 Å². The molecule has 1 atom stereocenters. The molecule has 4 heteroatoms. The van der Waals surface area contributed by atoms with Crippen LogP contribution in [0.2, 0.25) is 0 Å². The normalized spacial score (nSPS) is 12.2. The molecular weight excluding hydrogens is 238 g/mol. The van der Waals surface area contributed by atoms with Gasteiger partial charge in [0, 0.05) is 17.6 Å². The van der Waals surface area contributed by atoms with E-state index in [1.54, 1.807) is 12.4 Å². The average molecular weight is 257 g/mol. The summed E-state index contributed by atoms with van der Waals surface area (Å²) in [7, 11) is 0. The van der Waals surface area contributed by atoms with Crippen molar-refractivity contribution in [3.05, 3.63) is 53.1 Å². The number of rotatable bonds is 4. The Morgan fingerprint density at radius 2 is 1.79 bits per heavy atom. The number of nitrogens with two attached hydrogens (primary N) is 1. The summed E-state index contributed by atoms with van der Waals surface area (Å²) in [6.07, 6.45) is 3.47. The van der Waals surface area contributed by atoms with Crippen molar-refractivity contribution in [1.29, 1.82) is 0 Å². The van der Waals surface area contributed by atoms with Gasteiger partial charge >= 0.3 is 0 Å². The number of nitrogens with zero attached hydrogens (tertiary/aromatic N) is 2. The summed E-state index contributed by atoms with van der Waals surface area (Å²) in [6.45, 7) is 6.51. The van der Waals surface area contributed by atoms with Crippen molar-refractivity contribution in [1.82, 2.24) is 9.97 Å². The Hall–Kier alpha value is -1.94. The highest BCUT2D eigenvalue weighted by Crippen LogP contribution is 2.23. The van der Waals surface area contributed by atoms with Crippen LogP contribution in [0.25, 0.3) is 0 Å². The van der Waals surface area contributed by atoms with Gasteiger partial charge in [-0.2, -0.15) is 0 Å². The molecule has 2 aromatic rings. The lowest BCUT2D eigenvalue weighted by Crippen LogP contribution is -2.13. The molecule has 0 bridgehead atoms. The second kappa shape index (κ2) is 5.80. The Morgan fingerprint density at radius 1 is 1.11 bits per heavy atom. The van der Waals surface area contributed by atoms with Crippen molar-refractivity contribution in [2.24, 2.45) is 5.73 Å². The summed E-state index contributed by atoms with van der Waals surface area (Å²) in [5, 5.41) is 0. The Kier molecular flexibility index (Phi) is 4.12. The van der Waals surface area contributed by atoms with Crippen LogP contribution in [0.15, 0.2) is 30.6 Å². The fourth-order valence-electron chi connectivity index (χ4n) is 2.09. The zero-order chi connectivity index (χ0) is 13.8. The van der Waals surface area contributed by atoms with Gasteiger partial charge < -0.3 is 10.5 Å². The molecule has 0 saturated heterocycles. The quantitative estimate of drug-likeness (QED) is 0.914. The molecule has 0 aromatic carbocycles. The molecule has 1 unspecified atom stereocenters. The van der Waals surface area contributed by atoms with Crippen molar-refractivity contribution >= 4 is 0 Å². The van der Waals surface area contributed by atoms with Crippen LogP contribution in [-0.4, -0.2) is 16.6 Å². The first-order chi connectivity index (χ1) is 9.10. The largest absolute Gasteiger partial charge is 0.492 e. The van der Waals surface area contributed by atoms with Gasteiger partial charge in [-0.25, -0.2) is 0 Å². The molecule has 0 fully saturated rings. The van der Waals surface area contributed by atoms with E-state index in [-0.39, 0.29) is 6.04 Å². The van der Waals surface area contributed by atoms with Gasteiger partial charge in [-0.1, -0.05) is 0 Å². The number of ether oxygens (including phenoxy) is 1. The summed E-state index contributed by atoms with van der Waals surface area (Å²) in [5.41, 5.74) is 10.2. The van der Waals surface area contributed by atoms with Gasteiger partial charge in [-0.15, -0.1) is 0 Å². The van der Waals surface area contributed by atoms with E-state index in [1.165, 1.54) is 0 Å². The first kappa shape index (κ1) is 13.5.